The van der Waals surface area contributed by atoms with Crippen molar-refractivity contribution in [2.24, 2.45) is 0 Å². The largest absolute Gasteiger partial charge is 0.481 e. The van der Waals surface area contributed by atoms with Gasteiger partial charge in [-0.3, -0.25) is 4.79 Å². The van der Waals surface area contributed by atoms with E-state index in [0.717, 1.165) is 10.0 Å². The van der Waals surface area contributed by atoms with Crippen LogP contribution in [0.3, 0.4) is 0 Å². The summed E-state index contributed by atoms with van der Waals surface area (Å²) in [6.45, 7) is 2.30. The van der Waals surface area contributed by atoms with E-state index in [1.54, 1.807) is 18.9 Å². The normalized spacial score (nSPS) is 11.8. The number of carboxylic acid groups (broad SMARTS) is 1. The summed E-state index contributed by atoms with van der Waals surface area (Å²) < 4.78 is 0.971. The number of amides is 2. The molecule has 0 aromatic heterocycles. The van der Waals surface area contributed by atoms with Gasteiger partial charge in [-0.1, -0.05) is 28.1 Å². The van der Waals surface area contributed by atoms with Crippen molar-refractivity contribution in [3.63, 3.8) is 0 Å². The minimum absolute atomic E-state index is 0.0524. The molecule has 1 rings (SSSR count). The summed E-state index contributed by atoms with van der Waals surface area (Å²) in [4.78, 5) is 24.0. The maximum Gasteiger partial charge on any atom is 0.317 e. The molecule has 20 heavy (non-hydrogen) atoms. The summed E-state index contributed by atoms with van der Waals surface area (Å²) in [5.74, 6) is -0.853. The third-order valence-electron chi connectivity index (χ3n) is 2.82. The minimum atomic E-state index is -0.853. The van der Waals surface area contributed by atoms with E-state index in [2.05, 4.69) is 21.2 Å². The molecule has 0 heterocycles. The maximum atomic E-state index is 11.9. The zero-order valence-electron chi connectivity index (χ0n) is 11.6. The standard InChI is InChI=1S/C14H19BrN2O3/c1-10(6-7-13(18)19)16-14(20)17(2)9-11-4-3-5-12(15)8-11/h3-5,8,10H,6-7,9H2,1-2H3,(H,16,20)(H,18,19). The number of carbonyl (C=O) groups excluding carboxylic acids is 1. The van der Waals surface area contributed by atoms with Crippen LogP contribution in [0.25, 0.3) is 0 Å². The first-order valence-electron chi connectivity index (χ1n) is 6.36. The van der Waals surface area contributed by atoms with Crippen molar-refractivity contribution in [2.45, 2.75) is 32.4 Å². The number of urea groups is 1. The van der Waals surface area contributed by atoms with E-state index in [0.29, 0.717) is 13.0 Å². The van der Waals surface area contributed by atoms with Crippen molar-refractivity contribution in [3.8, 4) is 0 Å². The summed E-state index contributed by atoms with van der Waals surface area (Å²) in [6.07, 6.45) is 0.475. The molecule has 0 saturated carbocycles. The van der Waals surface area contributed by atoms with Crippen molar-refractivity contribution in [3.05, 3.63) is 34.3 Å². The molecule has 1 aromatic rings. The van der Waals surface area contributed by atoms with Gasteiger partial charge in [0.15, 0.2) is 0 Å². The van der Waals surface area contributed by atoms with E-state index in [9.17, 15) is 9.59 Å². The van der Waals surface area contributed by atoms with Crippen molar-refractivity contribution in [2.75, 3.05) is 7.05 Å². The average molecular weight is 343 g/mol. The number of carbonyl (C=O) groups is 2. The zero-order chi connectivity index (χ0) is 15.1. The fourth-order valence-electron chi connectivity index (χ4n) is 1.71. The van der Waals surface area contributed by atoms with Crippen LogP contribution < -0.4 is 5.32 Å². The minimum Gasteiger partial charge on any atom is -0.481 e. The molecular formula is C14H19BrN2O3. The molecule has 0 aliphatic rings. The van der Waals surface area contributed by atoms with E-state index in [-0.39, 0.29) is 18.5 Å². The molecule has 5 nitrogen and oxygen atoms in total. The molecule has 0 radical (unpaired) electrons. The number of aliphatic carboxylic acids is 1. The smallest absolute Gasteiger partial charge is 0.317 e. The highest BCUT2D eigenvalue weighted by Gasteiger charge is 2.13. The van der Waals surface area contributed by atoms with Gasteiger partial charge in [0.25, 0.3) is 0 Å². The van der Waals surface area contributed by atoms with Crippen LogP contribution >= 0.6 is 15.9 Å². The molecule has 0 aliphatic carbocycles. The van der Waals surface area contributed by atoms with Crippen LogP contribution in [0.15, 0.2) is 28.7 Å². The molecule has 110 valence electrons. The number of halogens is 1. The average Bonchev–Trinajstić information content (AvgIpc) is 2.36. The third kappa shape index (κ3) is 6.06. The first kappa shape index (κ1) is 16.5. The molecule has 2 amide bonds. The van der Waals surface area contributed by atoms with Crippen molar-refractivity contribution in [1.82, 2.24) is 10.2 Å². The lowest BCUT2D eigenvalue weighted by Crippen LogP contribution is -2.41. The summed E-state index contributed by atoms with van der Waals surface area (Å²) in [7, 11) is 1.71. The van der Waals surface area contributed by atoms with Crippen LogP contribution in [0, 0.1) is 0 Å². The topological polar surface area (TPSA) is 69.6 Å². The van der Waals surface area contributed by atoms with E-state index < -0.39 is 5.97 Å². The Kier molecular flexibility index (Phi) is 6.51. The highest BCUT2D eigenvalue weighted by Crippen LogP contribution is 2.13. The molecule has 2 N–H and O–H groups in total. The van der Waals surface area contributed by atoms with E-state index >= 15 is 0 Å². The summed E-state index contributed by atoms with van der Waals surface area (Å²) in [6, 6.07) is 7.38. The SMILES string of the molecule is CC(CCC(=O)O)NC(=O)N(C)Cc1cccc(Br)c1. The van der Waals surface area contributed by atoms with Crippen LogP contribution in [0.2, 0.25) is 0 Å². The molecule has 6 heteroatoms. The second-order valence-corrected chi connectivity index (χ2v) is 5.68. The molecule has 0 aliphatic heterocycles. The number of hydrogen-bond donors (Lipinski definition) is 2. The van der Waals surface area contributed by atoms with Crippen LogP contribution in [0.1, 0.15) is 25.3 Å². The Hall–Kier alpha value is -1.56. The molecule has 1 aromatic carbocycles. The number of benzene rings is 1. The Bertz CT molecular complexity index is 479. The molecule has 0 fully saturated rings. The van der Waals surface area contributed by atoms with Crippen molar-refractivity contribution >= 4 is 27.9 Å². The number of carboxylic acids is 1. The van der Waals surface area contributed by atoms with Gasteiger partial charge in [-0.05, 0) is 31.0 Å². The fourth-order valence-corrected chi connectivity index (χ4v) is 2.16. The lowest BCUT2D eigenvalue weighted by atomic mass is 10.2. The maximum absolute atomic E-state index is 11.9. The quantitative estimate of drug-likeness (QED) is 0.835. The van der Waals surface area contributed by atoms with Gasteiger partial charge in [-0.2, -0.15) is 0 Å². The summed E-state index contributed by atoms with van der Waals surface area (Å²) in [5.41, 5.74) is 1.02. The molecule has 0 spiro atoms. The van der Waals surface area contributed by atoms with Crippen LogP contribution in [-0.2, 0) is 11.3 Å². The monoisotopic (exact) mass is 342 g/mol. The molecule has 1 atom stereocenters. The predicted molar refractivity (Wildman–Crippen MR) is 80.5 cm³/mol. The Labute approximate surface area is 127 Å². The van der Waals surface area contributed by atoms with Gasteiger partial charge in [-0.15, -0.1) is 0 Å². The van der Waals surface area contributed by atoms with Gasteiger partial charge in [0.2, 0.25) is 0 Å². The summed E-state index contributed by atoms with van der Waals surface area (Å²) in [5, 5.41) is 11.4. The Morgan fingerprint density at radius 3 is 2.75 bits per heavy atom. The van der Waals surface area contributed by atoms with Gasteiger partial charge >= 0.3 is 12.0 Å². The summed E-state index contributed by atoms with van der Waals surface area (Å²) >= 11 is 3.39. The zero-order valence-corrected chi connectivity index (χ0v) is 13.2. The van der Waals surface area contributed by atoms with E-state index in [1.165, 1.54) is 0 Å². The molecule has 0 saturated heterocycles. The van der Waals surface area contributed by atoms with Crippen molar-refractivity contribution < 1.29 is 14.7 Å². The molecule has 0 bridgehead atoms. The third-order valence-corrected chi connectivity index (χ3v) is 3.31. The van der Waals surface area contributed by atoms with Gasteiger partial charge in [0.05, 0.1) is 0 Å². The van der Waals surface area contributed by atoms with Gasteiger partial charge in [-0.25, -0.2) is 4.79 Å². The Balaban J connectivity index is 2.44. The second-order valence-electron chi connectivity index (χ2n) is 4.77. The van der Waals surface area contributed by atoms with Crippen molar-refractivity contribution in [1.29, 1.82) is 0 Å². The number of hydrogen-bond acceptors (Lipinski definition) is 2. The van der Waals surface area contributed by atoms with Gasteiger partial charge < -0.3 is 15.3 Å². The van der Waals surface area contributed by atoms with Gasteiger partial charge in [0, 0.05) is 30.5 Å². The highest BCUT2D eigenvalue weighted by atomic mass is 79.9. The number of nitrogens with one attached hydrogen (secondary N) is 1. The Morgan fingerprint density at radius 2 is 2.15 bits per heavy atom. The van der Waals surface area contributed by atoms with Crippen LogP contribution in [0.5, 0.6) is 0 Å². The second kappa shape index (κ2) is 7.89. The number of nitrogens with zero attached hydrogens (tertiary/aromatic N) is 1. The molecular weight excluding hydrogens is 324 g/mol. The highest BCUT2D eigenvalue weighted by molar-refractivity contribution is 9.10. The lowest BCUT2D eigenvalue weighted by Gasteiger charge is -2.21. The predicted octanol–water partition coefficient (Wildman–Crippen LogP) is 2.84. The fraction of sp³-hybridized carbons (Fsp3) is 0.429. The first-order chi connectivity index (χ1) is 9.38. The van der Waals surface area contributed by atoms with Gasteiger partial charge in [0.1, 0.15) is 0 Å². The van der Waals surface area contributed by atoms with Crippen LogP contribution in [0.4, 0.5) is 4.79 Å². The molecule has 1 unspecified atom stereocenters. The first-order valence-corrected chi connectivity index (χ1v) is 7.15. The lowest BCUT2D eigenvalue weighted by molar-refractivity contribution is -0.137. The number of rotatable bonds is 6. The van der Waals surface area contributed by atoms with E-state index in [4.69, 9.17) is 5.11 Å². The van der Waals surface area contributed by atoms with E-state index in [1.807, 2.05) is 24.3 Å². The Morgan fingerprint density at radius 1 is 1.45 bits per heavy atom. The van der Waals surface area contributed by atoms with Crippen LogP contribution in [-0.4, -0.2) is 35.1 Å².